The van der Waals surface area contributed by atoms with E-state index in [4.69, 9.17) is 50.8 Å². The highest BCUT2D eigenvalue weighted by atomic mass is 35.5. The second-order valence-electron chi connectivity index (χ2n) is 5.56. The summed E-state index contributed by atoms with van der Waals surface area (Å²) in [6, 6.07) is 9.37. The van der Waals surface area contributed by atoms with E-state index in [9.17, 15) is 9.90 Å². The molecule has 0 fully saturated rings. The van der Waals surface area contributed by atoms with Crippen LogP contribution >= 0.6 is 46.4 Å². The van der Waals surface area contributed by atoms with E-state index < -0.39 is 5.97 Å². The molecule has 2 heterocycles. The standard InChI is InChI=1S/C18H7Cl4NO3/c19-8-1-7-2-15(26-17(7)13(22)5-8)14-6-11(18(24)25)10-3-9(20)4-12(21)16(10)23-14/h1-6H,(H,24,25). The van der Waals surface area contributed by atoms with E-state index in [0.29, 0.717) is 48.4 Å². The lowest BCUT2D eigenvalue weighted by molar-refractivity contribution is 0.0699. The Labute approximate surface area is 166 Å². The number of aromatic carboxylic acids is 1. The summed E-state index contributed by atoms with van der Waals surface area (Å²) in [5.74, 6) is -0.784. The normalized spacial score (nSPS) is 11.4. The third-order valence-corrected chi connectivity index (χ3v) is 4.86. The summed E-state index contributed by atoms with van der Waals surface area (Å²) in [7, 11) is 0. The van der Waals surface area contributed by atoms with Crippen molar-refractivity contribution in [2.45, 2.75) is 0 Å². The van der Waals surface area contributed by atoms with E-state index in [1.54, 1.807) is 18.2 Å². The molecular weight excluding hydrogens is 420 g/mol. The minimum Gasteiger partial charge on any atom is -0.478 e. The van der Waals surface area contributed by atoms with Crippen LogP contribution in [0.1, 0.15) is 10.4 Å². The lowest BCUT2D eigenvalue weighted by atomic mass is 10.1. The molecule has 0 saturated carbocycles. The summed E-state index contributed by atoms with van der Waals surface area (Å²) < 4.78 is 5.77. The average Bonchev–Trinajstić information content (AvgIpc) is 2.98. The van der Waals surface area contributed by atoms with Crippen LogP contribution in [0.25, 0.3) is 33.3 Å². The molecule has 8 heteroatoms. The van der Waals surface area contributed by atoms with Crippen LogP contribution in [0.15, 0.2) is 40.8 Å². The molecule has 26 heavy (non-hydrogen) atoms. The summed E-state index contributed by atoms with van der Waals surface area (Å²) in [5.41, 5.74) is 1.07. The minimum atomic E-state index is -1.13. The van der Waals surface area contributed by atoms with Crippen LogP contribution in [0.2, 0.25) is 20.1 Å². The molecule has 2 aromatic carbocycles. The van der Waals surface area contributed by atoms with E-state index in [1.807, 2.05) is 0 Å². The van der Waals surface area contributed by atoms with Gasteiger partial charge in [-0.15, -0.1) is 0 Å². The van der Waals surface area contributed by atoms with Crippen LogP contribution in [-0.2, 0) is 0 Å². The Morgan fingerprint density at radius 3 is 2.35 bits per heavy atom. The fourth-order valence-corrected chi connectivity index (χ4v) is 3.84. The molecule has 0 aliphatic heterocycles. The third kappa shape index (κ3) is 2.89. The average molecular weight is 427 g/mol. The fourth-order valence-electron chi connectivity index (χ4n) is 2.76. The molecule has 4 rings (SSSR count). The molecule has 2 aromatic heterocycles. The maximum atomic E-state index is 11.7. The largest absolute Gasteiger partial charge is 0.478 e. The van der Waals surface area contributed by atoms with Crippen molar-refractivity contribution in [3.8, 4) is 11.5 Å². The van der Waals surface area contributed by atoms with Gasteiger partial charge < -0.3 is 9.52 Å². The Balaban J connectivity index is 2.03. The van der Waals surface area contributed by atoms with Gasteiger partial charge in [0.25, 0.3) is 0 Å². The molecule has 4 nitrogen and oxygen atoms in total. The van der Waals surface area contributed by atoms with E-state index in [-0.39, 0.29) is 10.6 Å². The van der Waals surface area contributed by atoms with Gasteiger partial charge in [0.15, 0.2) is 11.3 Å². The highest BCUT2D eigenvalue weighted by Gasteiger charge is 2.18. The molecular formula is C18H7Cl4NO3. The van der Waals surface area contributed by atoms with Gasteiger partial charge in [-0.3, -0.25) is 0 Å². The Morgan fingerprint density at radius 1 is 0.923 bits per heavy atom. The van der Waals surface area contributed by atoms with E-state index in [1.165, 1.54) is 18.2 Å². The number of halogens is 4. The van der Waals surface area contributed by atoms with Crippen LogP contribution in [0.5, 0.6) is 0 Å². The Morgan fingerprint density at radius 2 is 1.62 bits per heavy atom. The van der Waals surface area contributed by atoms with Gasteiger partial charge in [-0.05, 0) is 36.4 Å². The van der Waals surface area contributed by atoms with Gasteiger partial charge in [0.2, 0.25) is 0 Å². The fraction of sp³-hybridized carbons (Fsp3) is 0. The molecule has 0 atom stereocenters. The Hall–Kier alpha value is -1.98. The van der Waals surface area contributed by atoms with Crippen molar-refractivity contribution in [1.82, 2.24) is 4.98 Å². The van der Waals surface area contributed by atoms with Crippen LogP contribution in [0.4, 0.5) is 0 Å². The topological polar surface area (TPSA) is 63.3 Å². The van der Waals surface area contributed by atoms with Gasteiger partial charge in [0.1, 0.15) is 5.69 Å². The second kappa shape index (κ2) is 6.32. The van der Waals surface area contributed by atoms with Gasteiger partial charge in [0.05, 0.1) is 21.1 Å². The third-order valence-electron chi connectivity index (χ3n) is 3.85. The van der Waals surface area contributed by atoms with Crippen molar-refractivity contribution in [2.24, 2.45) is 0 Å². The number of furan rings is 1. The van der Waals surface area contributed by atoms with Crippen LogP contribution in [0.3, 0.4) is 0 Å². The number of carbonyl (C=O) groups is 1. The number of hydrogen-bond acceptors (Lipinski definition) is 3. The van der Waals surface area contributed by atoms with Crippen molar-refractivity contribution in [3.63, 3.8) is 0 Å². The van der Waals surface area contributed by atoms with E-state index in [2.05, 4.69) is 4.98 Å². The zero-order valence-electron chi connectivity index (χ0n) is 12.7. The Bertz CT molecular complexity index is 1220. The lowest BCUT2D eigenvalue weighted by Gasteiger charge is -2.07. The summed E-state index contributed by atoms with van der Waals surface area (Å²) in [6.07, 6.45) is 0. The summed E-state index contributed by atoms with van der Waals surface area (Å²) in [5, 5.41) is 12.0. The van der Waals surface area contributed by atoms with E-state index >= 15 is 0 Å². The van der Waals surface area contributed by atoms with Crippen molar-refractivity contribution < 1.29 is 14.3 Å². The minimum absolute atomic E-state index is 0.0129. The second-order valence-corrected chi connectivity index (χ2v) is 7.25. The number of carboxylic acid groups (broad SMARTS) is 1. The highest BCUT2D eigenvalue weighted by molar-refractivity contribution is 6.39. The number of aromatic nitrogens is 1. The summed E-state index contributed by atoms with van der Waals surface area (Å²) in [6.45, 7) is 0. The van der Waals surface area contributed by atoms with Crippen LogP contribution in [-0.4, -0.2) is 16.1 Å². The molecule has 0 radical (unpaired) electrons. The van der Waals surface area contributed by atoms with Crippen molar-refractivity contribution in [1.29, 1.82) is 0 Å². The zero-order chi connectivity index (χ0) is 18.6. The maximum Gasteiger partial charge on any atom is 0.336 e. The number of fused-ring (bicyclic) bond motifs is 2. The first kappa shape index (κ1) is 17.4. The zero-order valence-corrected chi connectivity index (χ0v) is 15.7. The summed E-state index contributed by atoms with van der Waals surface area (Å²) >= 11 is 24.4. The molecule has 0 spiro atoms. The molecule has 4 aromatic rings. The monoisotopic (exact) mass is 425 g/mol. The molecule has 1 N–H and O–H groups in total. The van der Waals surface area contributed by atoms with E-state index in [0.717, 1.165) is 0 Å². The SMILES string of the molecule is O=C(O)c1cc(-c2cc3cc(Cl)cc(Cl)c3o2)nc2c(Cl)cc(Cl)cc12. The quantitative estimate of drug-likeness (QED) is 0.376. The molecule has 130 valence electrons. The van der Waals surface area contributed by atoms with Crippen molar-refractivity contribution in [3.05, 3.63) is 62.1 Å². The number of benzene rings is 2. The highest BCUT2D eigenvalue weighted by Crippen LogP contribution is 2.36. The summed E-state index contributed by atoms with van der Waals surface area (Å²) in [4.78, 5) is 16.2. The van der Waals surface area contributed by atoms with Gasteiger partial charge in [0, 0.05) is 20.8 Å². The first-order valence-corrected chi connectivity index (χ1v) is 8.77. The van der Waals surface area contributed by atoms with Gasteiger partial charge in [-0.2, -0.15) is 0 Å². The predicted octanol–water partition coefficient (Wildman–Crippen LogP) is 6.96. The smallest absolute Gasteiger partial charge is 0.336 e. The van der Waals surface area contributed by atoms with Gasteiger partial charge in [-0.25, -0.2) is 9.78 Å². The van der Waals surface area contributed by atoms with Crippen molar-refractivity contribution in [2.75, 3.05) is 0 Å². The molecule has 0 unspecified atom stereocenters. The maximum absolute atomic E-state index is 11.7. The van der Waals surface area contributed by atoms with Gasteiger partial charge in [-0.1, -0.05) is 46.4 Å². The van der Waals surface area contributed by atoms with Gasteiger partial charge >= 0.3 is 5.97 Å². The van der Waals surface area contributed by atoms with Crippen molar-refractivity contribution >= 4 is 74.2 Å². The molecule has 0 aliphatic carbocycles. The first-order valence-electron chi connectivity index (χ1n) is 7.25. The van der Waals surface area contributed by atoms with Crippen LogP contribution in [0, 0.1) is 0 Å². The number of rotatable bonds is 2. The van der Waals surface area contributed by atoms with Crippen LogP contribution < -0.4 is 0 Å². The Kier molecular flexibility index (Phi) is 4.24. The molecule has 0 amide bonds. The first-order chi connectivity index (χ1) is 12.3. The molecule has 0 saturated heterocycles. The number of pyridine rings is 1. The lowest BCUT2D eigenvalue weighted by Crippen LogP contribution is -2.00. The molecule has 0 bridgehead atoms. The predicted molar refractivity (Wildman–Crippen MR) is 104 cm³/mol. The number of hydrogen-bond donors (Lipinski definition) is 1. The molecule has 0 aliphatic rings. The number of nitrogens with zero attached hydrogens (tertiary/aromatic N) is 1. The number of carboxylic acids is 1.